The second-order valence-electron chi connectivity index (χ2n) is 5.75. The van der Waals surface area contributed by atoms with Gasteiger partial charge in [-0.05, 0) is 21.6 Å². The quantitative estimate of drug-likeness (QED) is 0.735. The molecule has 2 heterocycles. The van der Waals surface area contributed by atoms with E-state index in [1.807, 2.05) is 11.3 Å². The monoisotopic (exact) mass is 338 g/mol. The van der Waals surface area contributed by atoms with Crippen molar-refractivity contribution in [3.63, 3.8) is 0 Å². The van der Waals surface area contributed by atoms with Gasteiger partial charge in [0, 0.05) is 4.88 Å². The SMILES string of the molecule is CC(C)(C)c1scc2ccccc12.NS(=O)(=O)c1ncco1. The summed E-state index contributed by atoms with van der Waals surface area (Å²) in [5.74, 6) is 0. The van der Waals surface area contributed by atoms with Gasteiger partial charge in [-0.25, -0.2) is 18.5 Å². The van der Waals surface area contributed by atoms with Gasteiger partial charge in [-0.3, -0.25) is 0 Å². The summed E-state index contributed by atoms with van der Waals surface area (Å²) in [6.07, 6.45) is 2.35. The normalized spacial score (nSPS) is 12.0. The van der Waals surface area contributed by atoms with Crippen LogP contribution in [0.5, 0.6) is 0 Å². The molecular weight excluding hydrogens is 320 g/mol. The van der Waals surface area contributed by atoms with E-state index in [2.05, 4.69) is 65.0 Å². The highest BCUT2D eigenvalue weighted by Gasteiger charge is 2.18. The van der Waals surface area contributed by atoms with E-state index in [-0.39, 0.29) is 5.41 Å². The number of aromatic nitrogens is 1. The average molecular weight is 338 g/mol. The van der Waals surface area contributed by atoms with E-state index in [9.17, 15) is 8.42 Å². The van der Waals surface area contributed by atoms with Crippen LogP contribution in [0.2, 0.25) is 0 Å². The summed E-state index contributed by atoms with van der Waals surface area (Å²) in [5, 5.41) is 9.20. The highest BCUT2D eigenvalue weighted by Crippen LogP contribution is 2.35. The molecule has 5 nitrogen and oxygen atoms in total. The largest absolute Gasteiger partial charge is 0.436 e. The molecule has 118 valence electrons. The number of fused-ring (bicyclic) bond motifs is 1. The molecule has 3 rings (SSSR count). The minimum atomic E-state index is -3.74. The Balaban J connectivity index is 0.000000172. The van der Waals surface area contributed by atoms with Crippen molar-refractivity contribution in [3.8, 4) is 0 Å². The third-order valence-electron chi connectivity index (χ3n) is 2.84. The first kappa shape index (κ1) is 16.7. The Morgan fingerprint density at radius 2 is 1.91 bits per heavy atom. The van der Waals surface area contributed by atoms with Crippen molar-refractivity contribution in [3.05, 3.63) is 47.0 Å². The number of rotatable bonds is 1. The summed E-state index contributed by atoms with van der Waals surface area (Å²) >= 11 is 1.87. The molecule has 0 aliphatic rings. The number of sulfonamides is 1. The maximum atomic E-state index is 10.3. The second kappa shape index (κ2) is 6.20. The lowest BCUT2D eigenvalue weighted by atomic mass is 9.92. The van der Waals surface area contributed by atoms with E-state index >= 15 is 0 Å². The first-order chi connectivity index (χ1) is 10.2. The zero-order chi connectivity index (χ0) is 16.4. The predicted molar refractivity (Wildman–Crippen MR) is 88.4 cm³/mol. The Morgan fingerprint density at radius 3 is 2.41 bits per heavy atom. The van der Waals surface area contributed by atoms with Crippen LogP contribution in [-0.2, 0) is 15.4 Å². The number of hydrogen-bond donors (Lipinski definition) is 1. The number of nitrogens with zero attached hydrogens (tertiary/aromatic N) is 1. The summed E-state index contributed by atoms with van der Waals surface area (Å²) in [7, 11) is -3.74. The van der Waals surface area contributed by atoms with Crippen LogP contribution < -0.4 is 5.14 Å². The fourth-order valence-electron chi connectivity index (χ4n) is 1.92. The summed E-state index contributed by atoms with van der Waals surface area (Å²) in [6.45, 7) is 6.81. The number of hydrogen-bond acceptors (Lipinski definition) is 5. The molecule has 0 fully saturated rings. The summed E-state index contributed by atoms with van der Waals surface area (Å²) in [5.41, 5.74) is 0.272. The van der Waals surface area contributed by atoms with Gasteiger partial charge < -0.3 is 4.42 Å². The minimum absolute atomic E-state index is 0.272. The molecule has 0 radical (unpaired) electrons. The molecule has 0 aliphatic carbocycles. The van der Waals surface area contributed by atoms with E-state index in [0.29, 0.717) is 0 Å². The Morgan fingerprint density at radius 1 is 1.23 bits per heavy atom. The van der Waals surface area contributed by atoms with Crippen molar-refractivity contribution in [2.45, 2.75) is 31.4 Å². The van der Waals surface area contributed by atoms with Crippen LogP contribution in [0.15, 0.2) is 51.7 Å². The molecule has 2 N–H and O–H groups in total. The molecule has 0 aliphatic heterocycles. The highest BCUT2D eigenvalue weighted by molar-refractivity contribution is 7.88. The predicted octanol–water partition coefficient (Wildman–Crippen LogP) is 3.52. The number of primary sulfonamides is 1. The lowest BCUT2D eigenvalue weighted by Crippen LogP contribution is -2.12. The van der Waals surface area contributed by atoms with E-state index in [1.54, 1.807) is 0 Å². The van der Waals surface area contributed by atoms with Crippen molar-refractivity contribution in [2.75, 3.05) is 0 Å². The van der Waals surface area contributed by atoms with Gasteiger partial charge in [-0.1, -0.05) is 45.0 Å². The molecule has 0 atom stereocenters. The molecule has 7 heteroatoms. The number of thiophene rings is 1. The van der Waals surface area contributed by atoms with Gasteiger partial charge in [0.15, 0.2) is 0 Å². The van der Waals surface area contributed by atoms with Crippen LogP contribution in [0.4, 0.5) is 0 Å². The molecule has 0 spiro atoms. The molecule has 1 aromatic carbocycles. The van der Waals surface area contributed by atoms with Gasteiger partial charge in [0.25, 0.3) is 10.0 Å². The number of benzene rings is 1. The standard InChI is InChI=1S/C12H14S.C3H4N2O3S/c1-12(2,3)11-10-7-5-4-6-9(10)8-13-11;4-9(6,7)3-5-1-2-8-3/h4-8H,1-3H3;1-2H,(H2,4,6,7). The van der Waals surface area contributed by atoms with Crippen LogP contribution in [0.25, 0.3) is 10.8 Å². The molecule has 0 bridgehead atoms. The van der Waals surface area contributed by atoms with Gasteiger partial charge in [0.05, 0.1) is 6.20 Å². The van der Waals surface area contributed by atoms with Crippen molar-refractivity contribution < 1.29 is 12.8 Å². The van der Waals surface area contributed by atoms with Gasteiger partial charge in [-0.15, -0.1) is 11.3 Å². The molecule has 2 aromatic heterocycles. The number of oxazole rings is 1. The molecule has 0 unspecified atom stereocenters. The lowest BCUT2D eigenvalue weighted by Gasteiger charge is -2.16. The Bertz CT molecular complexity index is 844. The third-order valence-corrected chi connectivity index (χ3v) is 4.97. The Kier molecular flexibility index (Phi) is 4.69. The Labute approximate surface area is 133 Å². The molecule has 0 saturated heterocycles. The third kappa shape index (κ3) is 3.94. The summed E-state index contributed by atoms with van der Waals surface area (Å²) in [6, 6.07) is 8.61. The fraction of sp³-hybridized carbons (Fsp3) is 0.267. The first-order valence-electron chi connectivity index (χ1n) is 6.58. The molecule has 0 saturated carbocycles. The second-order valence-corrected chi connectivity index (χ2v) is 8.06. The zero-order valence-electron chi connectivity index (χ0n) is 12.6. The topological polar surface area (TPSA) is 86.2 Å². The van der Waals surface area contributed by atoms with E-state index in [0.717, 1.165) is 6.26 Å². The highest BCUT2D eigenvalue weighted by atomic mass is 32.2. The van der Waals surface area contributed by atoms with Gasteiger partial charge in [0.2, 0.25) is 0 Å². The van der Waals surface area contributed by atoms with Crippen molar-refractivity contribution in [2.24, 2.45) is 5.14 Å². The average Bonchev–Trinajstić information content (AvgIpc) is 3.07. The van der Waals surface area contributed by atoms with Crippen LogP contribution in [0.1, 0.15) is 25.6 Å². The molecule has 3 aromatic rings. The minimum Gasteiger partial charge on any atom is -0.436 e. The van der Waals surface area contributed by atoms with Gasteiger partial charge >= 0.3 is 5.22 Å². The lowest BCUT2D eigenvalue weighted by molar-refractivity contribution is 0.430. The van der Waals surface area contributed by atoms with Gasteiger partial charge in [0.1, 0.15) is 6.26 Å². The van der Waals surface area contributed by atoms with Gasteiger partial charge in [-0.2, -0.15) is 0 Å². The van der Waals surface area contributed by atoms with E-state index < -0.39 is 15.2 Å². The maximum absolute atomic E-state index is 10.3. The fourth-order valence-corrected chi connectivity index (χ4v) is 3.44. The van der Waals surface area contributed by atoms with Crippen molar-refractivity contribution in [1.82, 2.24) is 4.98 Å². The maximum Gasteiger partial charge on any atom is 0.330 e. The molecule has 22 heavy (non-hydrogen) atoms. The van der Waals surface area contributed by atoms with Crippen molar-refractivity contribution in [1.29, 1.82) is 0 Å². The smallest absolute Gasteiger partial charge is 0.330 e. The number of nitrogens with two attached hydrogens (primary N) is 1. The van der Waals surface area contributed by atoms with E-state index in [1.165, 1.54) is 21.8 Å². The van der Waals surface area contributed by atoms with E-state index in [4.69, 9.17) is 0 Å². The van der Waals surface area contributed by atoms with Crippen LogP contribution in [-0.4, -0.2) is 13.4 Å². The summed E-state index contributed by atoms with van der Waals surface area (Å²) < 4.78 is 25.0. The van der Waals surface area contributed by atoms with Crippen LogP contribution >= 0.6 is 11.3 Å². The molecule has 0 amide bonds. The summed E-state index contributed by atoms with van der Waals surface area (Å²) in [4.78, 5) is 4.80. The van der Waals surface area contributed by atoms with Crippen LogP contribution in [0.3, 0.4) is 0 Å². The Hall–Kier alpha value is -1.70. The zero-order valence-corrected chi connectivity index (χ0v) is 14.2. The molecular formula is C15H18N2O3S2. The van der Waals surface area contributed by atoms with Crippen LogP contribution in [0, 0.1) is 0 Å². The van der Waals surface area contributed by atoms with Crippen molar-refractivity contribution >= 4 is 32.1 Å². The first-order valence-corrected chi connectivity index (χ1v) is 9.01.